The Labute approximate surface area is 61.8 Å². The second-order valence-electron chi connectivity index (χ2n) is 1.80. The Morgan fingerprint density at radius 3 is 2.80 bits per heavy atom. The summed E-state index contributed by atoms with van der Waals surface area (Å²) in [6, 6.07) is 2.59. The van der Waals surface area contributed by atoms with Gasteiger partial charge in [-0.2, -0.15) is 0 Å². The molecule has 0 radical (unpaired) electrons. The predicted octanol–water partition coefficient (Wildman–Crippen LogP) is 1.22. The highest BCUT2D eigenvalue weighted by molar-refractivity contribution is 5.40. The van der Waals surface area contributed by atoms with E-state index in [1.54, 1.807) is 7.11 Å². The van der Waals surface area contributed by atoms with Crippen molar-refractivity contribution in [3.8, 4) is 0 Å². The minimum absolute atomic E-state index is 0.758. The zero-order valence-electron chi connectivity index (χ0n) is 6.63. The molecule has 0 heterocycles. The number of rotatable bonds is 5. The Bertz CT molecular complexity index is 117. The van der Waals surface area contributed by atoms with Gasteiger partial charge < -0.3 is 4.74 Å². The van der Waals surface area contributed by atoms with Crippen molar-refractivity contribution in [2.24, 2.45) is 9.98 Å². The summed E-state index contributed by atoms with van der Waals surface area (Å²) < 4.78 is 4.83. The zero-order valence-corrected chi connectivity index (χ0v) is 6.63. The van der Waals surface area contributed by atoms with E-state index in [1.807, 2.05) is 6.92 Å². The highest BCUT2D eigenvalue weighted by Crippen LogP contribution is 1.79. The van der Waals surface area contributed by atoms with Gasteiger partial charge in [-0.1, -0.05) is 0 Å². The third-order valence-corrected chi connectivity index (χ3v) is 0.918. The molecule has 0 aromatic carbocycles. The number of hydrogen-bond donors (Lipinski definition) is 0. The molecule has 0 unspecified atom stereocenters. The van der Waals surface area contributed by atoms with E-state index >= 15 is 0 Å². The Balaban J connectivity index is 3.10. The summed E-state index contributed by atoms with van der Waals surface area (Å²) >= 11 is 0. The van der Waals surface area contributed by atoms with Crippen LogP contribution < -0.4 is 0 Å². The van der Waals surface area contributed by atoms with Crippen LogP contribution in [0.5, 0.6) is 0 Å². The topological polar surface area (TPSA) is 34.0 Å². The molecule has 0 bridgehead atoms. The summed E-state index contributed by atoms with van der Waals surface area (Å²) in [5.41, 5.74) is 0. The van der Waals surface area contributed by atoms with Gasteiger partial charge in [-0.15, -0.1) is 0 Å². The van der Waals surface area contributed by atoms with E-state index in [0.29, 0.717) is 0 Å². The Hall–Kier alpha value is -0.660. The van der Waals surface area contributed by atoms with Gasteiger partial charge in [0.25, 0.3) is 0 Å². The molecule has 0 aliphatic heterocycles. The molecule has 0 aliphatic rings. The van der Waals surface area contributed by atoms with E-state index in [2.05, 4.69) is 16.0 Å². The first kappa shape index (κ1) is 9.34. The van der Waals surface area contributed by atoms with Crippen molar-refractivity contribution >= 4 is 6.01 Å². The molecule has 0 saturated carbocycles. The lowest BCUT2D eigenvalue weighted by Crippen LogP contribution is -1.90. The number of aliphatic imine (C=N–C) groups is 2. The SMILES string of the molecule is CCN=C=NCCCOC. The van der Waals surface area contributed by atoms with Gasteiger partial charge in [0.2, 0.25) is 0 Å². The van der Waals surface area contributed by atoms with E-state index in [-0.39, 0.29) is 0 Å². The van der Waals surface area contributed by atoms with Gasteiger partial charge in [0.15, 0.2) is 0 Å². The molecular weight excluding hydrogens is 128 g/mol. The molecule has 58 valence electrons. The first-order chi connectivity index (χ1) is 4.91. The molecule has 0 saturated heterocycles. The summed E-state index contributed by atoms with van der Waals surface area (Å²) in [4.78, 5) is 7.71. The second kappa shape index (κ2) is 8.34. The van der Waals surface area contributed by atoms with Crippen molar-refractivity contribution in [2.75, 3.05) is 26.8 Å². The molecule has 0 aromatic rings. The van der Waals surface area contributed by atoms with Crippen LogP contribution >= 0.6 is 0 Å². The normalized spacial score (nSPS) is 8.60. The summed E-state index contributed by atoms with van der Waals surface area (Å²) in [6.07, 6.45) is 0.947. The summed E-state index contributed by atoms with van der Waals surface area (Å²) in [5, 5.41) is 0. The fourth-order valence-electron chi connectivity index (χ4n) is 0.459. The van der Waals surface area contributed by atoms with Crippen LogP contribution in [0.4, 0.5) is 0 Å². The lowest BCUT2D eigenvalue weighted by molar-refractivity contribution is 0.197. The Kier molecular flexibility index (Phi) is 7.79. The molecule has 0 atom stereocenters. The van der Waals surface area contributed by atoms with E-state index in [9.17, 15) is 0 Å². The highest BCUT2D eigenvalue weighted by atomic mass is 16.5. The fourth-order valence-corrected chi connectivity index (χ4v) is 0.459. The largest absolute Gasteiger partial charge is 0.385 e. The maximum absolute atomic E-state index is 4.83. The fraction of sp³-hybridized carbons (Fsp3) is 0.857. The van der Waals surface area contributed by atoms with Crippen LogP contribution in [-0.4, -0.2) is 32.8 Å². The van der Waals surface area contributed by atoms with Gasteiger partial charge in [0, 0.05) is 20.3 Å². The van der Waals surface area contributed by atoms with Crippen molar-refractivity contribution < 1.29 is 4.74 Å². The lowest BCUT2D eigenvalue weighted by Gasteiger charge is -1.90. The summed E-state index contributed by atoms with van der Waals surface area (Å²) in [6.45, 7) is 4.24. The monoisotopic (exact) mass is 142 g/mol. The van der Waals surface area contributed by atoms with Crippen LogP contribution in [-0.2, 0) is 4.74 Å². The van der Waals surface area contributed by atoms with Crippen molar-refractivity contribution in [3.63, 3.8) is 0 Å². The maximum Gasteiger partial charge on any atom is 0.0892 e. The molecule has 0 rings (SSSR count). The van der Waals surface area contributed by atoms with E-state index in [1.165, 1.54) is 0 Å². The van der Waals surface area contributed by atoms with Crippen LogP contribution in [0.3, 0.4) is 0 Å². The first-order valence-electron chi connectivity index (χ1n) is 3.48. The molecule has 0 aromatic heterocycles. The molecule has 10 heavy (non-hydrogen) atoms. The molecule has 0 N–H and O–H groups in total. The Morgan fingerprint density at radius 2 is 2.20 bits per heavy atom. The van der Waals surface area contributed by atoms with E-state index in [4.69, 9.17) is 4.74 Å². The average molecular weight is 142 g/mol. The smallest absolute Gasteiger partial charge is 0.0892 e. The molecular formula is C7H14N2O. The van der Waals surface area contributed by atoms with Gasteiger partial charge in [-0.3, -0.25) is 0 Å². The van der Waals surface area contributed by atoms with Crippen LogP contribution in [0, 0.1) is 0 Å². The van der Waals surface area contributed by atoms with Gasteiger partial charge in [0.05, 0.1) is 12.6 Å². The van der Waals surface area contributed by atoms with Gasteiger partial charge in [0.1, 0.15) is 0 Å². The average Bonchev–Trinajstić information content (AvgIpc) is 1.97. The molecule has 3 heteroatoms. The van der Waals surface area contributed by atoms with Crippen molar-refractivity contribution in [1.82, 2.24) is 0 Å². The lowest BCUT2D eigenvalue weighted by atomic mass is 10.5. The van der Waals surface area contributed by atoms with Crippen LogP contribution in [0.1, 0.15) is 13.3 Å². The van der Waals surface area contributed by atoms with Crippen molar-refractivity contribution in [1.29, 1.82) is 0 Å². The first-order valence-corrected chi connectivity index (χ1v) is 3.48. The summed E-state index contributed by atoms with van der Waals surface area (Å²) in [5.74, 6) is 0. The third-order valence-electron chi connectivity index (χ3n) is 0.918. The molecule has 0 fully saturated rings. The molecule has 0 spiro atoms. The number of ether oxygens (including phenoxy) is 1. The van der Waals surface area contributed by atoms with E-state index in [0.717, 1.165) is 26.1 Å². The minimum Gasteiger partial charge on any atom is -0.385 e. The Morgan fingerprint density at radius 1 is 1.40 bits per heavy atom. The molecule has 3 nitrogen and oxygen atoms in total. The third kappa shape index (κ3) is 7.34. The van der Waals surface area contributed by atoms with Crippen LogP contribution in [0.25, 0.3) is 0 Å². The molecule has 0 aliphatic carbocycles. The van der Waals surface area contributed by atoms with Crippen LogP contribution in [0.2, 0.25) is 0 Å². The maximum atomic E-state index is 4.83. The van der Waals surface area contributed by atoms with Crippen molar-refractivity contribution in [3.05, 3.63) is 0 Å². The summed E-state index contributed by atoms with van der Waals surface area (Å²) in [7, 11) is 1.68. The standard InChI is InChI=1S/C7H14N2O/c1-3-8-7-9-5-4-6-10-2/h3-6H2,1-2H3. The number of nitrogens with zero attached hydrogens (tertiary/aromatic N) is 2. The number of hydrogen-bond acceptors (Lipinski definition) is 3. The van der Waals surface area contributed by atoms with Gasteiger partial charge in [-0.25, -0.2) is 9.98 Å². The second-order valence-corrected chi connectivity index (χ2v) is 1.80. The van der Waals surface area contributed by atoms with Crippen molar-refractivity contribution in [2.45, 2.75) is 13.3 Å². The predicted molar refractivity (Wildman–Crippen MR) is 41.8 cm³/mol. The van der Waals surface area contributed by atoms with Gasteiger partial charge in [-0.05, 0) is 13.3 Å². The van der Waals surface area contributed by atoms with Crippen LogP contribution in [0.15, 0.2) is 9.98 Å². The quantitative estimate of drug-likeness (QED) is 0.419. The van der Waals surface area contributed by atoms with Gasteiger partial charge >= 0.3 is 0 Å². The molecule has 0 amide bonds. The zero-order chi connectivity index (χ0) is 7.66. The van der Waals surface area contributed by atoms with E-state index < -0.39 is 0 Å². The highest BCUT2D eigenvalue weighted by Gasteiger charge is 1.79. The minimum atomic E-state index is 0.758. The number of methoxy groups -OCH3 is 1.